The number of carbonyl (C=O) groups is 1. The van der Waals surface area contributed by atoms with Crippen molar-refractivity contribution in [3.05, 3.63) is 11.3 Å². The Morgan fingerprint density at radius 2 is 2.19 bits per heavy atom. The van der Waals surface area contributed by atoms with Crippen LogP contribution in [-0.2, 0) is 11.2 Å². The summed E-state index contributed by atoms with van der Waals surface area (Å²) >= 11 is 0. The number of aryl methyl sites for hydroxylation is 1. The molecule has 1 aliphatic carbocycles. The van der Waals surface area contributed by atoms with Gasteiger partial charge in [0.05, 0.1) is 18.2 Å². The summed E-state index contributed by atoms with van der Waals surface area (Å²) in [5.74, 6) is 1.30. The van der Waals surface area contributed by atoms with Crippen LogP contribution in [0.5, 0.6) is 5.88 Å². The predicted molar refractivity (Wildman–Crippen MR) is 77.3 cm³/mol. The van der Waals surface area contributed by atoms with Gasteiger partial charge in [-0.2, -0.15) is 0 Å². The maximum Gasteiger partial charge on any atom is 0.410 e. The third-order valence-electron chi connectivity index (χ3n) is 3.41. The van der Waals surface area contributed by atoms with Crippen molar-refractivity contribution in [2.45, 2.75) is 58.6 Å². The SMILES string of the molecule is CCOc1noc2c1[C@H](N(C)C(=O)OC(C)(C)C)CCC2. The van der Waals surface area contributed by atoms with Crippen molar-refractivity contribution >= 4 is 6.09 Å². The Bertz CT molecular complexity index is 504. The molecule has 1 aromatic rings. The van der Waals surface area contributed by atoms with Gasteiger partial charge < -0.3 is 18.9 Å². The third kappa shape index (κ3) is 3.49. The molecule has 1 aromatic heterocycles. The van der Waals surface area contributed by atoms with E-state index in [-0.39, 0.29) is 12.1 Å². The lowest BCUT2D eigenvalue weighted by Crippen LogP contribution is -2.37. The zero-order valence-corrected chi connectivity index (χ0v) is 13.4. The van der Waals surface area contributed by atoms with E-state index in [9.17, 15) is 4.79 Å². The summed E-state index contributed by atoms with van der Waals surface area (Å²) in [7, 11) is 1.75. The van der Waals surface area contributed by atoms with Crippen molar-refractivity contribution < 1.29 is 18.8 Å². The van der Waals surface area contributed by atoms with Gasteiger partial charge in [0.2, 0.25) is 0 Å². The number of fused-ring (bicyclic) bond motifs is 1. The fourth-order valence-electron chi connectivity index (χ4n) is 2.51. The first kappa shape index (κ1) is 15.7. The number of carbonyl (C=O) groups excluding carboxylic acids is 1. The first-order valence-corrected chi connectivity index (χ1v) is 7.40. The molecule has 0 aromatic carbocycles. The Balaban J connectivity index is 2.22. The van der Waals surface area contributed by atoms with Gasteiger partial charge in [-0.15, -0.1) is 0 Å². The van der Waals surface area contributed by atoms with Gasteiger partial charge in [-0.3, -0.25) is 0 Å². The highest BCUT2D eigenvalue weighted by Gasteiger charge is 2.35. The van der Waals surface area contributed by atoms with Crippen LogP contribution in [0.3, 0.4) is 0 Å². The number of ether oxygens (including phenoxy) is 2. The van der Waals surface area contributed by atoms with E-state index in [0.717, 1.165) is 30.6 Å². The van der Waals surface area contributed by atoms with E-state index in [1.807, 2.05) is 27.7 Å². The summed E-state index contributed by atoms with van der Waals surface area (Å²) in [5.41, 5.74) is 0.372. The van der Waals surface area contributed by atoms with Crippen molar-refractivity contribution in [1.29, 1.82) is 0 Å². The first-order chi connectivity index (χ1) is 9.83. The number of hydrogen-bond acceptors (Lipinski definition) is 5. The summed E-state index contributed by atoms with van der Waals surface area (Å²) in [6.07, 6.45) is 2.29. The molecule has 0 fully saturated rings. The average Bonchev–Trinajstić information content (AvgIpc) is 2.80. The van der Waals surface area contributed by atoms with Crippen molar-refractivity contribution in [2.75, 3.05) is 13.7 Å². The monoisotopic (exact) mass is 296 g/mol. The molecule has 2 rings (SSSR count). The molecule has 6 heteroatoms. The van der Waals surface area contributed by atoms with Crippen LogP contribution in [0.25, 0.3) is 0 Å². The molecule has 0 aliphatic heterocycles. The summed E-state index contributed by atoms with van der Waals surface area (Å²) in [6.45, 7) is 7.99. The van der Waals surface area contributed by atoms with Gasteiger partial charge in [0.15, 0.2) is 0 Å². The van der Waals surface area contributed by atoms with Crippen LogP contribution in [0.1, 0.15) is 57.9 Å². The second-order valence-electron chi connectivity index (χ2n) is 6.26. The normalized spacial score (nSPS) is 18.0. The summed E-state index contributed by atoms with van der Waals surface area (Å²) in [4.78, 5) is 13.9. The zero-order chi connectivity index (χ0) is 15.6. The standard InChI is InChI=1S/C15H24N2O4/c1-6-19-13-12-10(8-7-9-11(12)21-16-13)17(5)14(18)20-15(2,3)4/h10H,6-9H2,1-5H3/t10-/m1/s1. The van der Waals surface area contributed by atoms with Gasteiger partial charge in [-0.05, 0) is 45.7 Å². The summed E-state index contributed by atoms with van der Waals surface area (Å²) in [6, 6.07) is -0.114. The van der Waals surface area contributed by atoms with Gasteiger partial charge in [0.1, 0.15) is 11.4 Å². The molecule has 0 N–H and O–H groups in total. The van der Waals surface area contributed by atoms with Crippen molar-refractivity contribution in [1.82, 2.24) is 10.1 Å². The summed E-state index contributed by atoms with van der Waals surface area (Å²) in [5, 5.41) is 3.98. The van der Waals surface area contributed by atoms with Crippen LogP contribution < -0.4 is 4.74 Å². The van der Waals surface area contributed by atoms with Crippen LogP contribution in [0.15, 0.2) is 4.52 Å². The van der Waals surface area contributed by atoms with Crippen molar-refractivity contribution in [3.8, 4) is 5.88 Å². The molecule has 0 spiro atoms. The Kier molecular flexibility index (Phi) is 4.44. The van der Waals surface area contributed by atoms with Crippen LogP contribution in [0.4, 0.5) is 4.79 Å². The molecule has 0 unspecified atom stereocenters. The molecule has 0 radical (unpaired) electrons. The number of rotatable bonds is 3. The lowest BCUT2D eigenvalue weighted by atomic mass is 9.92. The molecular formula is C15H24N2O4. The Hall–Kier alpha value is -1.72. The van der Waals surface area contributed by atoms with Crippen LogP contribution in [-0.4, -0.2) is 35.4 Å². The minimum Gasteiger partial charge on any atom is -0.476 e. The van der Waals surface area contributed by atoms with Crippen LogP contribution >= 0.6 is 0 Å². The van der Waals surface area contributed by atoms with Gasteiger partial charge in [-0.25, -0.2) is 4.79 Å². The van der Waals surface area contributed by atoms with E-state index in [0.29, 0.717) is 12.5 Å². The Morgan fingerprint density at radius 1 is 1.48 bits per heavy atom. The average molecular weight is 296 g/mol. The molecule has 1 atom stereocenters. The molecule has 1 heterocycles. The van der Waals surface area contributed by atoms with Gasteiger partial charge in [-0.1, -0.05) is 0 Å². The van der Waals surface area contributed by atoms with Gasteiger partial charge in [0, 0.05) is 13.5 Å². The number of amides is 1. The van der Waals surface area contributed by atoms with E-state index in [4.69, 9.17) is 14.0 Å². The lowest BCUT2D eigenvalue weighted by Gasteiger charge is -2.32. The van der Waals surface area contributed by atoms with E-state index in [1.54, 1.807) is 11.9 Å². The van der Waals surface area contributed by atoms with Gasteiger partial charge >= 0.3 is 6.09 Å². The maximum atomic E-state index is 12.3. The molecule has 118 valence electrons. The predicted octanol–water partition coefficient (Wildman–Crippen LogP) is 3.32. The van der Waals surface area contributed by atoms with E-state index < -0.39 is 5.60 Å². The Labute approximate surface area is 125 Å². The topological polar surface area (TPSA) is 64.8 Å². The summed E-state index contributed by atoms with van der Waals surface area (Å²) < 4.78 is 16.3. The minimum absolute atomic E-state index is 0.114. The van der Waals surface area contributed by atoms with Gasteiger partial charge in [0.25, 0.3) is 5.88 Å². The van der Waals surface area contributed by atoms with Crippen LogP contribution in [0, 0.1) is 0 Å². The van der Waals surface area contributed by atoms with E-state index >= 15 is 0 Å². The number of aromatic nitrogens is 1. The van der Waals surface area contributed by atoms with Crippen molar-refractivity contribution in [3.63, 3.8) is 0 Å². The minimum atomic E-state index is -0.514. The number of nitrogens with zero attached hydrogens (tertiary/aromatic N) is 2. The zero-order valence-electron chi connectivity index (χ0n) is 13.4. The highest BCUT2D eigenvalue weighted by Crippen LogP contribution is 2.39. The highest BCUT2D eigenvalue weighted by atomic mass is 16.6. The molecule has 6 nitrogen and oxygen atoms in total. The molecule has 0 bridgehead atoms. The van der Waals surface area contributed by atoms with Crippen molar-refractivity contribution in [2.24, 2.45) is 0 Å². The quantitative estimate of drug-likeness (QED) is 0.856. The molecule has 0 saturated heterocycles. The molecular weight excluding hydrogens is 272 g/mol. The third-order valence-corrected chi connectivity index (χ3v) is 3.41. The maximum absolute atomic E-state index is 12.3. The first-order valence-electron chi connectivity index (χ1n) is 7.40. The van der Waals surface area contributed by atoms with Crippen LogP contribution in [0.2, 0.25) is 0 Å². The number of hydrogen-bond donors (Lipinski definition) is 0. The fraction of sp³-hybridized carbons (Fsp3) is 0.733. The molecule has 21 heavy (non-hydrogen) atoms. The Morgan fingerprint density at radius 3 is 2.81 bits per heavy atom. The second kappa shape index (κ2) is 5.95. The largest absolute Gasteiger partial charge is 0.476 e. The fourth-order valence-corrected chi connectivity index (χ4v) is 2.51. The molecule has 0 saturated carbocycles. The molecule has 1 amide bonds. The molecule has 1 aliphatic rings. The van der Waals surface area contributed by atoms with E-state index in [1.165, 1.54) is 0 Å². The highest BCUT2D eigenvalue weighted by molar-refractivity contribution is 5.68. The second-order valence-corrected chi connectivity index (χ2v) is 6.26. The van der Waals surface area contributed by atoms with E-state index in [2.05, 4.69) is 5.16 Å². The lowest BCUT2D eigenvalue weighted by molar-refractivity contribution is 0.0201. The smallest absolute Gasteiger partial charge is 0.410 e.